The van der Waals surface area contributed by atoms with Crippen LogP contribution in [-0.2, 0) is 0 Å². The molecule has 100 valence electrons. The Labute approximate surface area is 114 Å². The first-order valence-electron chi connectivity index (χ1n) is 6.78. The lowest BCUT2D eigenvalue weighted by Crippen LogP contribution is -2.24. The van der Waals surface area contributed by atoms with Crippen LogP contribution < -0.4 is 5.32 Å². The number of Topliss-reactive ketones (excluding diaryl/α,β-unsaturated/α-hetero) is 1. The predicted molar refractivity (Wildman–Crippen MR) is 78.4 cm³/mol. The zero-order valence-electron chi connectivity index (χ0n) is 11.5. The molecule has 0 spiro atoms. The molecule has 1 aromatic carbocycles. The fourth-order valence-electron chi connectivity index (χ4n) is 2.02. The van der Waals surface area contributed by atoms with Crippen molar-refractivity contribution < 1.29 is 4.79 Å². The van der Waals surface area contributed by atoms with Crippen molar-refractivity contribution >= 4 is 16.7 Å². The molecule has 2 aromatic rings. The summed E-state index contributed by atoms with van der Waals surface area (Å²) < 4.78 is 0. The average molecular weight is 256 g/mol. The van der Waals surface area contributed by atoms with Crippen LogP contribution in [0.15, 0.2) is 36.5 Å². The normalized spacial score (nSPS) is 11.1. The summed E-state index contributed by atoms with van der Waals surface area (Å²) >= 11 is 0. The van der Waals surface area contributed by atoms with E-state index in [0.717, 1.165) is 29.4 Å². The number of carbonyl (C=O) groups excluding carboxylic acids is 1. The molecule has 0 radical (unpaired) electrons. The van der Waals surface area contributed by atoms with E-state index in [0.29, 0.717) is 12.5 Å². The first kappa shape index (κ1) is 13.7. The molecule has 0 bridgehead atoms. The molecule has 0 aliphatic carbocycles. The summed E-state index contributed by atoms with van der Waals surface area (Å²) in [4.78, 5) is 16.4. The first-order valence-corrected chi connectivity index (χ1v) is 6.78. The van der Waals surface area contributed by atoms with Gasteiger partial charge in [0.05, 0.1) is 5.52 Å². The van der Waals surface area contributed by atoms with Crippen LogP contribution in [-0.4, -0.2) is 23.4 Å². The quantitative estimate of drug-likeness (QED) is 0.637. The molecule has 0 unspecified atom stereocenters. The molecule has 1 aromatic heterocycles. The lowest BCUT2D eigenvalue weighted by molar-refractivity contribution is 0.0980. The second-order valence-electron chi connectivity index (χ2n) is 5.05. The Kier molecular flexibility index (Phi) is 4.63. The molecule has 1 heterocycles. The van der Waals surface area contributed by atoms with Crippen molar-refractivity contribution in [1.29, 1.82) is 0 Å². The molecule has 2 rings (SSSR count). The van der Waals surface area contributed by atoms with E-state index >= 15 is 0 Å². The van der Waals surface area contributed by atoms with Gasteiger partial charge in [-0.25, -0.2) is 0 Å². The van der Waals surface area contributed by atoms with E-state index in [2.05, 4.69) is 24.1 Å². The van der Waals surface area contributed by atoms with Crippen LogP contribution in [0.3, 0.4) is 0 Å². The highest BCUT2D eigenvalue weighted by Crippen LogP contribution is 2.14. The van der Waals surface area contributed by atoms with E-state index in [1.807, 2.05) is 30.3 Å². The SMILES string of the molecule is CC(C)NCCCC(=O)c1ccc2cccnc2c1. The Hall–Kier alpha value is -1.74. The van der Waals surface area contributed by atoms with Gasteiger partial charge in [-0.05, 0) is 25.1 Å². The molecule has 3 heteroatoms. The summed E-state index contributed by atoms with van der Waals surface area (Å²) in [5.41, 5.74) is 1.64. The third-order valence-electron chi connectivity index (χ3n) is 3.06. The van der Waals surface area contributed by atoms with Crippen molar-refractivity contribution in [2.45, 2.75) is 32.7 Å². The Morgan fingerprint density at radius 2 is 2.16 bits per heavy atom. The number of fused-ring (bicyclic) bond motifs is 1. The molecular weight excluding hydrogens is 236 g/mol. The van der Waals surface area contributed by atoms with Gasteiger partial charge in [-0.15, -0.1) is 0 Å². The van der Waals surface area contributed by atoms with Crippen LogP contribution in [0.1, 0.15) is 37.0 Å². The summed E-state index contributed by atoms with van der Waals surface area (Å²) in [7, 11) is 0. The van der Waals surface area contributed by atoms with E-state index in [1.54, 1.807) is 6.20 Å². The molecule has 0 saturated carbocycles. The fraction of sp³-hybridized carbons (Fsp3) is 0.375. The van der Waals surface area contributed by atoms with Gasteiger partial charge >= 0.3 is 0 Å². The molecule has 0 atom stereocenters. The van der Waals surface area contributed by atoms with Crippen LogP contribution >= 0.6 is 0 Å². The topological polar surface area (TPSA) is 42.0 Å². The zero-order chi connectivity index (χ0) is 13.7. The number of pyridine rings is 1. The van der Waals surface area contributed by atoms with E-state index in [9.17, 15) is 4.79 Å². The van der Waals surface area contributed by atoms with Gasteiger partial charge in [0, 0.05) is 29.6 Å². The maximum absolute atomic E-state index is 12.1. The maximum Gasteiger partial charge on any atom is 0.163 e. The highest BCUT2D eigenvalue weighted by atomic mass is 16.1. The van der Waals surface area contributed by atoms with Crippen molar-refractivity contribution in [2.75, 3.05) is 6.54 Å². The number of nitrogens with zero attached hydrogens (tertiary/aromatic N) is 1. The van der Waals surface area contributed by atoms with Crippen LogP contribution in [0.4, 0.5) is 0 Å². The molecule has 0 aliphatic heterocycles. The van der Waals surface area contributed by atoms with Gasteiger partial charge in [0.25, 0.3) is 0 Å². The summed E-state index contributed by atoms with van der Waals surface area (Å²) in [5.74, 6) is 0.193. The minimum absolute atomic E-state index is 0.193. The first-order chi connectivity index (χ1) is 9.16. The second-order valence-corrected chi connectivity index (χ2v) is 5.05. The van der Waals surface area contributed by atoms with E-state index in [1.165, 1.54) is 0 Å². The van der Waals surface area contributed by atoms with E-state index in [4.69, 9.17) is 0 Å². The van der Waals surface area contributed by atoms with Crippen molar-refractivity contribution in [3.8, 4) is 0 Å². The Balaban J connectivity index is 1.97. The minimum Gasteiger partial charge on any atom is -0.315 e. The average Bonchev–Trinajstić information content (AvgIpc) is 2.42. The molecule has 3 nitrogen and oxygen atoms in total. The summed E-state index contributed by atoms with van der Waals surface area (Å²) in [6, 6.07) is 10.1. The predicted octanol–water partition coefficient (Wildman–Crippen LogP) is 3.20. The molecule has 19 heavy (non-hydrogen) atoms. The van der Waals surface area contributed by atoms with Crippen molar-refractivity contribution in [1.82, 2.24) is 10.3 Å². The number of aromatic nitrogens is 1. The largest absolute Gasteiger partial charge is 0.315 e. The lowest BCUT2D eigenvalue weighted by Gasteiger charge is -2.07. The van der Waals surface area contributed by atoms with Gasteiger partial charge < -0.3 is 5.32 Å². The zero-order valence-corrected chi connectivity index (χ0v) is 11.5. The van der Waals surface area contributed by atoms with E-state index in [-0.39, 0.29) is 5.78 Å². The number of nitrogens with one attached hydrogen (secondary N) is 1. The van der Waals surface area contributed by atoms with Crippen LogP contribution in [0, 0.1) is 0 Å². The minimum atomic E-state index is 0.193. The smallest absolute Gasteiger partial charge is 0.163 e. The standard InChI is InChI=1S/C16H20N2O/c1-12(2)17-9-4-6-16(19)14-8-7-13-5-3-10-18-15(13)11-14/h3,5,7-8,10-12,17H,4,6,9H2,1-2H3. The molecule has 0 aliphatic rings. The monoisotopic (exact) mass is 256 g/mol. The molecular formula is C16H20N2O. The number of rotatable bonds is 6. The van der Waals surface area contributed by atoms with Gasteiger partial charge in [0.15, 0.2) is 5.78 Å². The number of ketones is 1. The molecule has 1 N–H and O–H groups in total. The van der Waals surface area contributed by atoms with Gasteiger partial charge in [-0.3, -0.25) is 9.78 Å². The Morgan fingerprint density at radius 3 is 2.95 bits per heavy atom. The van der Waals surface area contributed by atoms with Crippen LogP contribution in [0.2, 0.25) is 0 Å². The van der Waals surface area contributed by atoms with Gasteiger partial charge in [-0.1, -0.05) is 32.0 Å². The lowest BCUT2D eigenvalue weighted by atomic mass is 10.0. The molecule has 0 fully saturated rings. The van der Waals surface area contributed by atoms with Crippen molar-refractivity contribution in [3.05, 3.63) is 42.1 Å². The Morgan fingerprint density at radius 1 is 1.32 bits per heavy atom. The van der Waals surface area contributed by atoms with Crippen LogP contribution in [0.5, 0.6) is 0 Å². The fourth-order valence-corrected chi connectivity index (χ4v) is 2.02. The highest BCUT2D eigenvalue weighted by Gasteiger charge is 2.06. The number of hydrogen-bond donors (Lipinski definition) is 1. The third-order valence-corrected chi connectivity index (χ3v) is 3.06. The number of carbonyl (C=O) groups is 1. The van der Waals surface area contributed by atoms with Gasteiger partial charge in [-0.2, -0.15) is 0 Å². The summed E-state index contributed by atoms with van der Waals surface area (Å²) in [6.07, 6.45) is 3.21. The molecule has 0 amide bonds. The Bertz CT molecular complexity index is 563. The van der Waals surface area contributed by atoms with Crippen LogP contribution in [0.25, 0.3) is 10.9 Å². The van der Waals surface area contributed by atoms with Crippen molar-refractivity contribution in [3.63, 3.8) is 0 Å². The van der Waals surface area contributed by atoms with Gasteiger partial charge in [0.1, 0.15) is 0 Å². The summed E-state index contributed by atoms with van der Waals surface area (Å²) in [6.45, 7) is 5.10. The number of benzene rings is 1. The second kappa shape index (κ2) is 6.43. The van der Waals surface area contributed by atoms with Crippen molar-refractivity contribution in [2.24, 2.45) is 0 Å². The van der Waals surface area contributed by atoms with Gasteiger partial charge in [0.2, 0.25) is 0 Å². The number of hydrogen-bond acceptors (Lipinski definition) is 3. The summed E-state index contributed by atoms with van der Waals surface area (Å²) in [5, 5.41) is 4.39. The highest BCUT2D eigenvalue weighted by molar-refractivity contribution is 5.99. The molecule has 0 saturated heterocycles. The third kappa shape index (κ3) is 3.86. The maximum atomic E-state index is 12.1. The van der Waals surface area contributed by atoms with E-state index < -0.39 is 0 Å².